The predicted octanol–water partition coefficient (Wildman–Crippen LogP) is 3.45. The highest BCUT2D eigenvalue weighted by Gasteiger charge is 2.31. The van der Waals surface area contributed by atoms with Crippen LogP contribution in [0.25, 0.3) is 10.9 Å². The van der Waals surface area contributed by atoms with Crippen LogP contribution in [0.2, 0.25) is 0 Å². The van der Waals surface area contributed by atoms with Crippen molar-refractivity contribution in [2.24, 2.45) is 7.05 Å². The second-order valence-corrected chi connectivity index (χ2v) is 4.35. The van der Waals surface area contributed by atoms with E-state index in [0.717, 1.165) is 11.4 Å². The average molecular weight is 275 g/mol. The molecule has 0 aliphatic heterocycles. The molecule has 1 aromatic carbocycles. The molecule has 1 heterocycles. The van der Waals surface area contributed by atoms with Crippen molar-refractivity contribution in [2.75, 3.05) is 0 Å². The summed E-state index contributed by atoms with van der Waals surface area (Å²) in [5.74, 6) is -2.92. The maximum absolute atomic E-state index is 13.2. The number of rotatable bonds is 1. The van der Waals surface area contributed by atoms with Gasteiger partial charge in [-0.15, -0.1) is 0 Å². The van der Waals surface area contributed by atoms with E-state index < -0.39 is 5.92 Å². The SMILES string of the molecule is Cn1nc(C(C)(F)F)c2cccc(Br)c21. The van der Waals surface area contributed by atoms with Crippen LogP contribution in [0, 0.1) is 0 Å². The topological polar surface area (TPSA) is 17.8 Å². The molecule has 0 spiro atoms. The number of aryl methyl sites for hydroxylation is 1. The van der Waals surface area contributed by atoms with Crippen LogP contribution in [0.4, 0.5) is 8.78 Å². The molecule has 0 saturated carbocycles. The Bertz CT molecular complexity index is 514. The maximum Gasteiger partial charge on any atom is 0.289 e. The molecule has 0 aliphatic carbocycles. The standard InChI is InChI=1S/C10H9BrF2N2/c1-10(12,13)9-6-4-3-5-7(11)8(6)15(2)14-9/h3-5H,1-2H3. The Morgan fingerprint density at radius 3 is 2.67 bits per heavy atom. The summed E-state index contributed by atoms with van der Waals surface area (Å²) in [7, 11) is 1.66. The van der Waals surface area contributed by atoms with Crippen LogP contribution in [-0.4, -0.2) is 9.78 Å². The summed E-state index contributed by atoms with van der Waals surface area (Å²) in [5, 5.41) is 4.34. The molecule has 2 nitrogen and oxygen atoms in total. The second kappa shape index (κ2) is 3.27. The molecule has 80 valence electrons. The van der Waals surface area contributed by atoms with Gasteiger partial charge in [0.2, 0.25) is 0 Å². The van der Waals surface area contributed by atoms with Crippen LogP contribution >= 0.6 is 15.9 Å². The Hall–Kier alpha value is -0.970. The van der Waals surface area contributed by atoms with Crippen molar-refractivity contribution in [1.82, 2.24) is 9.78 Å². The number of alkyl halides is 2. The number of hydrogen-bond acceptors (Lipinski definition) is 1. The lowest BCUT2D eigenvalue weighted by Crippen LogP contribution is -2.08. The van der Waals surface area contributed by atoms with E-state index >= 15 is 0 Å². The first-order valence-corrected chi connectivity index (χ1v) is 5.20. The average Bonchev–Trinajstić information content (AvgIpc) is 2.44. The lowest BCUT2D eigenvalue weighted by molar-refractivity contribution is 0.0137. The minimum atomic E-state index is -2.92. The summed E-state index contributed by atoms with van der Waals surface area (Å²) in [4.78, 5) is 0. The minimum absolute atomic E-state index is 0.179. The normalized spacial score (nSPS) is 12.3. The Balaban J connectivity index is 2.85. The van der Waals surface area contributed by atoms with E-state index in [2.05, 4.69) is 21.0 Å². The van der Waals surface area contributed by atoms with Crippen LogP contribution in [0.5, 0.6) is 0 Å². The number of nitrogens with zero attached hydrogens (tertiary/aromatic N) is 2. The first-order chi connectivity index (χ1) is 6.91. The van der Waals surface area contributed by atoms with E-state index in [1.165, 1.54) is 4.68 Å². The van der Waals surface area contributed by atoms with Gasteiger partial charge >= 0.3 is 0 Å². The number of benzene rings is 1. The van der Waals surface area contributed by atoms with Gasteiger partial charge in [-0.1, -0.05) is 12.1 Å². The van der Waals surface area contributed by atoms with Crippen LogP contribution in [0.15, 0.2) is 22.7 Å². The quantitative estimate of drug-likeness (QED) is 0.779. The smallest absolute Gasteiger partial charge is 0.266 e. The summed E-state index contributed by atoms with van der Waals surface area (Å²) in [5.41, 5.74) is 0.510. The van der Waals surface area contributed by atoms with Crippen molar-refractivity contribution in [3.05, 3.63) is 28.4 Å². The van der Waals surface area contributed by atoms with E-state index in [1.54, 1.807) is 19.2 Å². The monoisotopic (exact) mass is 274 g/mol. The first kappa shape index (κ1) is 10.5. The van der Waals surface area contributed by atoms with E-state index in [-0.39, 0.29) is 5.69 Å². The van der Waals surface area contributed by atoms with Crippen molar-refractivity contribution in [3.8, 4) is 0 Å². The Labute approximate surface area is 94.0 Å². The van der Waals surface area contributed by atoms with Gasteiger partial charge in [0.25, 0.3) is 5.92 Å². The molecule has 1 aromatic heterocycles. The van der Waals surface area contributed by atoms with Crippen LogP contribution < -0.4 is 0 Å². The molecule has 0 amide bonds. The maximum atomic E-state index is 13.2. The van der Waals surface area contributed by atoms with Gasteiger partial charge in [-0.05, 0) is 22.0 Å². The minimum Gasteiger partial charge on any atom is -0.266 e. The molecule has 2 aromatic rings. The van der Waals surface area contributed by atoms with Crippen molar-refractivity contribution >= 4 is 26.8 Å². The molecule has 0 aliphatic rings. The van der Waals surface area contributed by atoms with Gasteiger partial charge in [0.1, 0.15) is 5.69 Å². The fourth-order valence-electron chi connectivity index (χ4n) is 1.61. The zero-order chi connectivity index (χ0) is 11.2. The van der Waals surface area contributed by atoms with Gasteiger partial charge in [0.15, 0.2) is 0 Å². The fourth-order valence-corrected chi connectivity index (χ4v) is 2.24. The van der Waals surface area contributed by atoms with Gasteiger partial charge in [-0.3, -0.25) is 4.68 Å². The molecule has 0 unspecified atom stereocenters. The Kier molecular flexibility index (Phi) is 2.30. The Morgan fingerprint density at radius 1 is 1.40 bits per heavy atom. The number of hydrogen-bond donors (Lipinski definition) is 0. The molecule has 0 saturated heterocycles. The molecular weight excluding hydrogens is 266 g/mol. The number of aromatic nitrogens is 2. The summed E-state index contributed by atoms with van der Waals surface area (Å²) in [6, 6.07) is 5.19. The van der Waals surface area contributed by atoms with Crippen LogP contribution in [0.1, 0.15) is 12.6 Å². The highest BCUT2D eigenvalue weighted by atomic mass is 79.9. The summed E-state index contributed by atoms with van der Waals surface area (Å²) < 4.78 is 28.7. The van der Waals surface area contributed by atoms with Crippen LogP contribution in [-0.2, 0) is 13.0 Å². The van der Waals surface area contributed by atoms with E-state index in [1.807, 2.05) is 6.07 Å². The van der Waals surface area contributed by atoms with Gasteiger partial charge in [0.05, 0.1) is 5.52 Å². The fraction of sp³-hybridized carbons (Fsp3) is 0.300. The second-order valence-electron chi connectivity index (χ2n) is 3.50. The first-order valence-electron chi connectivity index (χ1n) is 4.41. The van der Waals surface area contributed by atoms with Gasteiger partial charge in [-0.25, -0.2) is 0 Å². The predicted molar refractivity (Wildman–Crippen MR) is 58.0 cm³/mol. The number of para-hydroxylation sites is 1. The number of fused-ring (bicyclic) bond motifs is 1. The molecule has 0 bridgehead atoms. The third-order valence-electron chi connectivity index (χ3n) is 2.23. The third-order valence-corrected chi connectivity index (χ3v) is 2.87. The molecule has 0 fully saturated rings. The summed E-state index contributed by atoms with van der Waals surface area (Å²) >= 11 is 3.32. The molecular formula is C10H9BrF2N2. The van der Waals surface area contributed by atoms with Gasteiger partial charge in [-0.2, -0.15) is 13.9 Å². The zero-order valence-corrected chi connectivity index (χ0v) is 9.85. The van der Waals surface area contributed by atoms with E-state index in [9.17, 15) is 8.78 Å². The third kappa shape index (κ3) is 1.65. The molecule has 0 N–H and O–H groups in total. The molecule has 15 heavy (non-hydrogen) atoms. The lowest BCUT2D eigenvalue weighted by atomic mass is 10.1. The van der Waals surface area contributed by atoms with Crippen molar-refractivity contribution < 1.29 is 8.78 Å². The van der Waals surface area contributed by atoms with E-state index in [0.29, 0.717) is 10.9 Å². The molecule has 2 rings (SSSR count). The van der Waals surface area contributed by atoms with Gasteiger partial charge < -0.3 is 0 Å². The van der Waals surface area contributed by atoms with Crippen molar-refractivity contribution in [3.63, 3.8) is 0 Å². The number of halogens is 3. The highest BCUT2D eigenvalue weighted by molar-refractivity contribution is 9.10. The molecule has 5 heteroatoms. The Morgan fingerprint density at radius 2 is 2.07 bits per heavy atom. The highest BCUT2D eigenvalue weighted by Crippen LogP contribution is 2.34. The lowest BCUT2D eigenvalue weighted by Gasteiger charge is -2.06. The zero-order valence-electron chi connectivity index (χ0n) is 8.26. The van der Waals surface area contributed by atoms with Gasteiger partial charge in [0, 0.05) is 23.8 Å². The van der Waals surface area contributed by atoms with Crippen LogP contribution in [0.3, 0.4) is 0 Å². The largest absolute Gasteiger partial charge is 0.289 e. The molecule has 0 radical (unpaired) electrons. The van der Waals surface area contributed by atoms with Crippen molar-refractivity contribution in [1.29, 1.82) is 0 Å². The summed E-state index contributed by atoms with van der Waals surface area (Å²) in [6.45, 7) is 0.857. The van der Waals surface area contributed by atoms with E-state index in [4.69, 9.17) is 0 Å². The molecule has 0 atom stereocenters. The summed E-state index contributed by atoms with van der Waals surface area (Å²) in [6.07, 6.45) is 0. The van der Waals surface area contributed by atoms with Crippen molar-refractivity contribution in [2.45, 2.75) is 12.8 Å².